The number of hydrogen-bond acceptors (Lipinski definition) is 4. The number of nitrogens with zero attached hydrogens (tertiary/aromatic N) is 3. The van der Waals surface area contributed by atoms with Crippen molar-refractivity contribution in [2.75, 3.05) is 11.4 Å². The highest BCUT2D eigenvalue weighted by Crippen LogP contribution is 2.24. The summed E-state index contributed by atoms with van der Waals surface area (Å²) >= 11 is 0. The number of ether oxygens (including phenoxy) is 1. The van der Waals surface area contributed by atoms with Gasteiger partial charge < -0.3 is 9.64 Å². The zero-order chi connectivity index (χ0) is 17.9. The fraction of sp³-hybridized carbons (Fsp3) is 0.238. The molecule has 1 aliphatic heterocycles. The van der Waals surface area contributed by atoms with E-state index < -0.39 is 0 Å². The maximum atomic E-state index is 13.3. The van der Waals surface area contributed by atoms with Crippen molar-refractivity contribution in [3.63, 3.8) is 0 Å². The zero-order valence-corrected chi connectivity index (χ0v) is 14.7. The van der Waals surface area contributed by atoms with Gasteiger partial charge in [-0.2, -0.15) is 4.98 Å². The maximum absolute atomic E-state index is 13.3. The number of hydrogen-bond donors (Lipinski definition) is 0. The van der Waals surface area contributed by atoms with E-state index in [-0.39, 0.29) is 12.4 Å². The quantitative estimate of drug-likeness (QED) is 0.712. The Bertz CT molecular complexity index is 929. The molecular formula is C21H20FN3O. The molecule has 0 spiro atoms. The second-order valence-electron chi connectivity index (χ2n) is 6.51. The Morgan fingerprint density at radius 3 is 2.73 bits per heavy atom. The van der Waals surface area contributed by atoms with E-state index in [0.29, 0.717) is 11.8 Å². The van der Waals surface area contributed by atoms with Crippen LogP contribution in [0.1, 0.15) is 22.4 Å². The van der Waals surface area contributed by atoms with E-state index in [9.17, 15) is 4.39 Å². The second kappa shape index (κ2) is 7.12. The van der Waals surface area contributed by atoms with Gasteiger partial charge in [-0.05, 0) is 42.2 Å². The molecule has 0 fully saturated rings. The number of halogens is 1. The Kier molecular flexibility index (Phi) is 4.52. The second-order valence-corrected chi connectivity index (χ2v) is 6.51. The number of fused-ring (bicyclic) bond motifs is 1. The van der Waals surface area contributed by atoms with Gasteiger partial charge in [0.2, 0.25) is 11.8 Å². The van der Waals surface area contributed by atoms with E-state index >= 15 is 0 Å². The Hall–Kier alpha value is -2.95. The third-order valence-electron chi connectivity index (χ3n) is 4.51. The zero-order valence-electron chi connectivity index (χ0n) is 14.7. The summed E-state index contributed by atoms with van der Waals surface area (Å²) in [6.07, 6.45) is 0.979. The van der Waals surface area contributed by atoms with Gasteiger partial charge in [0.05, 0.1) is 0 Å². The predicted molar refractivity (Wildman–Crippen MR) is 98.7 cm³/mol. The van der Waals surface area contributed by atoms with Crippen LogP contribution in [0.15, 0.2) is 54.6 Å². The van der Waals surface area contributed by atoms with Crippen molar-refractivity contribution in [1.82, 2.24) is 9.97 Å². The molecule has 26 heavy (non-hydrogen) atoms. The van der Waals surface area contributed by atoms with Gasteiger partial charge in [-0.15, -0.1) is 0 Å². The van der Waals surface area contributed by atoms with Crippen molar-refractivity contribution in [2.24, 2.45) is 0 Å². The van der Waals surface area contributed by atoms with Crippen LogP contribution < -0.4 is 9.64 Å². The molecule has 5 heteroatoms. The number of benzene rings is 2. The monoisotopic (exact) mass is 349 g/mol. The largest absolute Gasteiger partial charge is 0.473 e. The first-order chi connectivity index (χ1) is 12.7. The molecule has 2 heterocycles. The molecule has 4 nitrogen and oxygen atoms in total. The van der Waals surface area contributed by atoms with Crippen LogP contribution in [0.3, 0.4) is 0 Å². The van der Waals surface area contributed by atoms with Crippen LogP contribution in [0.2, 0.25) is 0 Å². The van der Waals surface area contributed by atoms with Gasteiger partial charge in [-0.25, -0.2) is 9.37 Å². The van der Waals surface area contributed by atoms with Crippen LogP contribution in [0.4, 0.5) is 10.3 Å². The van der Waals surface area contributed by atoms with Gasteiger partial charge in [0.15, 0.2) is 0 Å². The van der Waals surface area contributed by atoms with Gasteiger partial charge in [-0.3, -0.25) is 0 Å². The molecular weight excluding hydrogens is 329 g/mol. The van der Waals surface area contributed by atoms with Gasteiger partial charge in [0, 0.05) is 24.8 Å². The Morgan fingerprint density at radius 2 is 1.88 bits per heavy atom. The summed E-state index contributed by atoms with van der Waals surface area (Å²) in [4.78, 5) is 11.3. The first-order valence-electron chi connectivity index (χ1n) is 8.72. The van der Waals surface area contributed by atoms with E-state index in [1.807, 2.05) is 13.0 Å². The lowest BCUT2D eigenvalue weighted by atomic mass is 10.0. The van der Waals surface area contributed by atoms with Crippen LogP contribution in [0.25, 0.3) is 0 Å². The lowest BCUT2D eigenvalue weighted by Crippen LogP contribution is -2.31. The molecule has 0 amide bonds. The van der Waals surface area contributed by atoms with Crippen molar-refractivity contribution >= 4 is 5.95 Å². The van der Waals surface area contributed by atoms with E-state index in [1.165, 1.54) is 23.3 Å². The van der Waals surface area contributed by atoms with Crippen molar-refractivity contribution in [3.05, 3.63) is 82.8 Å². The number of aromatic nitrogens is 2. The van der Waals surface area contributed by atoms with Gasteiger partial charge in [-0.1, -0.05) is 36.4 Å². The fourth-order valence-corrected chi connectivity index (χ4v) is 3.19. The molecule has 1 aromatic heterocycles. The number of aryl methyl sites for hydroxylation is 1. The van der Waals surface area contributed by atoms with Crippen molar-refractivity contribution in [1.29, 1.82) is 0 Å². The first-order valence-corrected chi connectivity index (χ1v) is 8.72. The lowest BCUT2D eigenvalue weighted by Gasteiger charge is -2.29. The normalized spacial score (nSPS) is 13.4. The highest BCUT2D eigenvalue weighted by molar-refractivity contribution is 5.41. The average molecular weight is 349 g/mol. The number of anilines is 1. The molecule has 3 aromatic rings. The summed E-state index contributed by atoms with van der Waals surface area (Å²) in [6.45, 7) is 3.88. The van der Waals surface area contributed by atoms with Gasteiger partial charge >= 0.3 is 0 Å². The number of rotatable bonds is 4. The average Bonchev–Trinajstić information content (AvgIpc) is 2.66. The molecule has 0 saturated heterocycles. The minimum atomic E-state index is -0.266. The van der Waals surface area contributed by atoms with Crippen LogP contribution in [-0.4, -0.2) is 16.5 Å². The maximum Gasteiger partial charge on any atom is 0.229 e. The molecule has 4 rings (SSSR count). The van der Waals surface area contributed by atoms with Gasteiger partial charge in [0.25, 0.3) is 0 Å². The molecule has 0 bridgehead atoms. The molecule has 0 N–H and O–H groups in total. The highest BCUT2D eigenvalue weighted by atomic mass is 19.1. The standard InChI is InChI=1S/C21H20FN3O/c1-15-11-20(26-14-16-5-4-8-19(22)12-16)24-21(23-15)25-10-9-17-6-2-3-7-18(17)13-25/h2-8,11-12H,9-10,13-14H2,1H3. The molecule has 0 aliphatic carbocycles. The fourth-order valence-electron chi connectivity index (χ4n) is 3.19. The van der Waals surface area contributed by atoms with Crippen LogP contribution in [-0.2, 0) is 19.6 Å². The van der Waals surface area contributed by atoms with E-state index in [1.54, 1.807) is 12.1 Å². The van der Waals surface area contributed by atoms with E-state index in [2.05, 4.69) is 39.1 Å². The summed E-state index contributed by atoms with van der Waals surface area (Å²) in [7, 11) is 0. The molecule has 2 aromatic carbocycles. The third kappa shape index (κ3) is 3.67. The Balaban J connectivity index is 1.51. The highest BCUT2D eigenvalue weighted by Gasteiger charge is 2.19. The molecule has 0 atom stereocenters. The minimum absolute atomic E-state index is 0.266. The van der Waals surface area contributed by atoms with Crippen molar-refractivity contribution in [2.45, 2.75) is 26.5 Å². The van der Waals surface area contributed by atoms with Crippen LogP contribution >= 0.6 is 0 Å². The Labute approximate surface area is 152 Å². The third-order valence-corrected chi connectivity index (χ3v) is 4.51. The lowest BCUT2D eigenvalue weighted by molar-refractivity contribution is 0.292. The summed E-state index contributed by atoms with van der Waals surface area (Å²) < 4.78 is 19.1. The molecule has 0 radical (unpaired) electrons. The van der Waals surface area contributed by atoms with E-state index in [4.69, 9.17) is 4.74 Å². The van der Waals surface area contributed by atoms with Gasteiger partial charge in [0.1, 0.15) is 12.4 Å². The SMILES string of the molecule is Cc1cc(OCc2cccc(F)c2)nc(N2CCc3ccccc3C2)n1. The van der Waals surface area contributed by atoms with Crippen molar-refractivity contribution in [3.8, 4) is 5.88 Å². The van der Waals surface area contributed by atoms with Crippen molar-refractivity contribution < 1.29 is 9.13 Å². The minimum Gasteiger partial charge on any atom is -0.473 e. The molecule has 1 aliphatic rings. The van der Waals surface area contributed by atoms with Crippen LogP contribution in [0, 0.1) is 12.7 Å². The predicted octanol–water partition coefficient (Wildman–Crippen LogP) is 4.07. The summed E-state index contributed by atoms with van der Waals surface area (Å²) in [5.41, 5.74) is 4.32. The first kappa shape index (κ1) is 16.5. The topological polar surface area (TPSA) is 38.2 Å². The van der Waals surface area contributed by atoms with E-state index in [0.717, 1.165) is 30.8 Å². The summed E-state index contributed by atoms with van der Waals surface area (Å²) in [5.74, 6) is 0.919. The van der Waals surface area contributed by atoms with Crippen LogP contribution in [0.5, 0.6) is 5.88 Å². The molecule has 132 valence electrons. The summed E-state index contributed by atoms with van der Waals surface area (Å²) in [6, 6.07) is 16.7. The summed E-state index contributed by atoms with van der Waals surface area (Å²) in [5, 5.41) is 0. The molecule has 0 unspecified atom stereocenters. The molecule has 0 saturated carbocycles. The smallest absolute Gasteiger partial charge is 0.229 e. The Morgan fingerprint density at radius 1 is 1.04 bits per heavy atom.